The molecule has 1 aliphatic rings. The summed E-state index contributed by atoms with van der Waals surface area (Å²) in [5.74, 6) is 0. The molecular weight excluding hydrogens is 405 g/mol. The number of alkyl halides is 6. The van der Waals surface area contributed by atoms with Crippen molar-refractivity contribution in [1.29, 1.82) is 0 Å². The summed E-state index contributed by atoms with van der Waals surface area (Å²) in [6.07, 6.45) is -10.4. The summed E-state index contributed by atoms with van der Waals surface area (Å²) in [5, 5.41) is 0. The second-order valence-corrected chi connectivity index (χ2v) is 8.53. The van der Waals surface area contributed by atoms with Crippen LogP contribution in [0.1, 0.15) is 0 Å². The monoisotopic (exact) mass is 409 g/mol. The smallest absolute Gasteiger partial charge is 0.300 e. The van der Waals surface area contributed by atoms with Gasteiger partial charge in [-0.15, -0.1) is 8.96 Å². The normalized spacial score (nSPS) is 27.7. The summed E-state index contributed by atoms with van der Waals surface area (Å²) < 4.78 is 132. The molecule has 5 nitrogen and oxygen atoms in total. The molecule has 0 saturated carbocycles. The molecule has 0 fully saturated rings. The quantitative estimate of drug-likeness (QED) is 0.331. The third-order valence-electron chi connectivity index (χ3n) is 1.60. The van der Waals surface area contributed by atoms with E-state index < -0.39 is 59.6 Å². The van der Waals surface area contributed by atoms with Crippen molar-refractivity contribution in [3.63, 3.8) is 0 Å². The van der Waals surface area contributed by atoms with Crippen LogP contribution in [0.15, 0.2) is 4.52 Å². The molecule has 2 unspecified atom stereocenters. The Kier molecular flexibility index (Phi) is 6.45. The van der Waals surface area contributed by atoms with E-state index >= 15 is 0 Å². The first-order valence-electron chi connectivity index (χ1n) is 4.66. The van der Waals surface area contributed by atoms with Crippen molar-refractivity contribution in [1.82, 2.24) is 9.33 Å². The van der Waals surface area contributed by atoms with Crippen molar-refractivity contribution in [2.24, 2.45) is 4.52 Å². The van der Waals surface area contributed by atoms with Gasteiger partial charge in [-0.2, -0.15) is 39.3 Å². The van der Waals surface area contributed by atoms with Crippen molar-refractivity contribution >= 4 is 24.7 Å². The Balaban J connectivity index is 3.12. The van der Waals surface area contributed by atoms with Crippen molar-refractivity contribution in [2.45, 2.75) is 12.4 Å². The molecule has 0 saturated heterocycles. The zero-order chi connectivity index (χ0) is 17.3. The van der Waals surface area contributed by atoms with Crippen LogP contribution in [0.2, 0.25) is 0 Å². The standard InChI is InChI=1S/C4H4F10N3O2P3/c5-3(6,7)1-18-22(19-2-4(8,9)10)15-20(13)16(11)21(14)17(22)12/h1-2H2. The van der Waals surface area contributed by atoms with Crippen LogP contribution < -0.4 is 0 Å². The maximum absolute atomic E-state index is 13.5. The van der Waals surface area contributed by atoms with Gasteiger partial charge in [-0.05, 0) is 4.66 Å². The Morgan fingerprint density at radius 2 is 1.32 bits per heavy atom. The summed E-state index contributed by atoms with van der Waals surface area (Å²) in [4.78, 5) is 0. The molecule has 1 rings (SSSR count). The number of rotatable bonds is 4. The lowest BCUT2D eigenvalue weighted by atomic mass is 10.7. The van der Waals surface area contributed by atoms with Crippen molar-refractivity contribution in [3.05, 3.63) is 0 Å². The van der Waals surface area contributed by atoms with Gasteiger partial charge < -0.3 is 9.05 Å². The molecule has 0 amide bonds. The summed E-state index contributed by atoms with van der Waals surface area (Å²) >= 11 is 0. The van der Waals surface area contributed by atoms with Crippen LogP contribution in [0.3, 0.4) is 0 Å². The van der Waals surface area contributed by atoms with Gasteiger partial charge in [-0.25, -0.2) is 0 Å². The lowest BCUT2D eigenvalue weighted by molar-refractivity contribution is -0.166. The minimum absolute atomic E-state index is 1.41. The predicted molar refractivity (Wildman–Crippen MR) is 55.3 cm³/mol. The molecule has 0 N–H and O–H groups in total. The Morgan fingerprint density at radius 3 is 1.68 bits per heavy atom. The highest BCUT2D eigenvalue weighted by Crippen LogP contribution is 2.80. The maximum Gasteiger partial charge on any atom is 0.412 e. The lowest BCUT2D eigenvalue weighted by Gasteiger charge is -2.34. The van der Waals surface area contributed by atoms with Crippen LogP contribution >= 0.6 is 24.7 Å². The first-order valence-corrected chi connectivity index (χ1v) is 8.47. The van der Waals surface area contributed by atoms with Gasteiger partial charge >= 0.3 is 37.1 Å². The van der Waals surface area contributed by atoms with Gasteiger partial charge in [0.05, 0.1) is 0 Å². The topological polar surface area (TPSA) is 37.3 Å². The third-order valence-corrected chi connectivity index (χ3v) is 7.26. The fourth-order valence-corrected chi connectivity index (χ4v) is 6.37. The van der Waals surface area contributed by atoms with Gasteiger partial charge in [0, 0.05) is 4.66 Å². The van der Waals surface area contributed by atoms with Gasteiger partial charge in [-0.1, -0.05) is 0 Å². The number of hydrogen-bond donors (Lipinski definition) is 0. The average molecular weight is 409 g/mol. The Labute approximate surface area is 118 Å². The summed E-state index contributed by atoms with van der Waals surface area (Å²) in [7, 11) is -13.9. The molecule has 132 valence electrons. The van der Waals surface area contributed by atoms with Crippen LogP contribution in [-0.2, 0) is 9.05 Å². The van der Waals surface area contributed by atoms with E-state index in [0.717, 1.165) is 0 Å². The summed E-state index contributed by atoms with van der Waals surface area (Å²) in [5.41, 5.74) is 0. The van der Waals surface area contributed by atoms with E-state index in [9.17, 15) is 43.7 Å². The van der Waals surface area contributed by atoms with Crippen LogP contribution in [0.25, 0.3) is 0 Å². The molecule has 0 radical (unpaired) electrons. The number of nitrogens with zero attached hydrogens (tertiary/aromatic N) is 3. The molecule has 1 aliphatic heterocycles. The molecule has 22 heavy (non-hydrogen) atoms. The third kappa shape index (κ3) is 5.40. The van der Waals surface area contributed by atoms with Gasteiger partial charge in [-0.3, -0.25) is 0 Å². The molecule has 18 heteroatoms. The highest BCUT2D eigenvalue weighted by Gasteiger charge is 2.54. The number of hydrogen-bond acceptors (Lipinski definition) is 5. The molecular formula is C4H4F10N3O2P3. The van der Waals surface area contributed by atoms with Crippen molar-refractivity contribution in [2.75, 3.05) is 13.2 Å². The molecule has 2 atom stereocenters. The summed E-state index contributed by atoms with van der Waals surface area (Å²) in [6.45, 7) is -4.80. The van der Waals surface area contributed by atoms with Gasteiger partial charge in [0.2, 0.25) is 0 Å². The minimum atomic E-state index is -5.45. The molecule has 0 aromatic rings. The van der Waals surface area contributed by atoms with E-state index in [1.807, 2.05) is 0 Å². The van der Waals surface area contributed by atoms with Crippen LogP contribution in [0, 0.1) is 0 Å². The molecule has 0 aromatic heterocycles. The first-order chi connectivity index (χ1) is 9.77. The van der Waals surface area contributed by atoms with Gasteiger partial charge in [0.1, 0.15) is 0 Å². The average Bonchev–Trinajstić information content (AvgIpc) is 2.36. The molecule has 1 heterocycles. The predicted octanol–water partition coefficient (Wildman–Crippen LogP) is 5.87. The SMILES string of the molecule is FN1P(F)N=P(OCC(F)(F)F)(OCC(F)(F)F)N(F)P1F. The number of halogens is 10. The molecule has 0 bridgehead atoms. The second kappa shape index (κ2) is 7.00. The molecule has 0 spiro atoms. The lowest BCUT2D eigenvalue weighted by Crippen LogP contribution is -2.25. The van der Waals surface area contributed by atoms with Crippen molar-refractivity contribution < 1.29 is 52.7 Å². The maximum atomic E-state index is 13.5. The fraction of sp³-hybridized carbons (Fsp3) is 1.00. The van der Waals surface area contributed by atoms with E-state index in [-0.39, 0.29) is 0 Å². The van der Waals surface area contributed by atoms with Crippen LogP contribution in [-0.4, -0.2) is 34.9 Å². The van der Waals surface area contributed by atoms with E-state index in [1.54, 1.807) is 0 Å². The summed E-state index contributed by atoms with van der Waals surface area (Å²) in [6, 6.07) is 0. The minimum Gasteiger partial charge on any atom is -0.300 e. The van der Waals surface area contributed by atoms with E-state index in [1.165, 1.54) is 0 Å². The molecule has 0 aromatic carbocycles. The van der Waals surface area contributed by atoms with Gasteiger partial charge in [0.25, 0.3) is 0 Å². The highest BCUT2D eigenvalue weighted by atomic mass is 31.3. The first kappa shape index (κ1) is 20.3. The van der Waals surface area contributed by atoms with E-state index in [2.05, 4.69) is 13.6 Å². The van der Waals surface area contributed by atoms with Gasteiger partial charge in [0.15, 0.2) is 13.2 Å². The Hall–Kier alpha value is 0.230. The van der Waals surface area contributed by atoms with Crippen molar-refractivity contribution in [3.8, 4) is 0 Å². The highest BCUT2D eigenvalue weighted by molar-refractivity contribution is 7.77. The van der Waals surface area contributed by atoms with Crippen LogP contribution in [0.4, 0.5) is 43.7 Å². The molecule has 0 aliphatic carbocycles. The fourth-order valence-electron chi connectivity index (χ4n) is 0.873. The van der Waals surface area contributed by atoms with E-state index in [0.29, 0.717) is 0 Å². The Bertz CT molecular complexity index is 422. The van der Waals surface area contributed by atoms with E-state index in [4.69, 9.17) is 0 Å². The zero-order valence-corrected chi connectivity index (χ0v) is 12.4. The zero-order valence-electron chi connectivity index (χ0n) is 9.69. The second-order valence-electron chi connectivity index (χ2n) is 3.32. The largest absolute Gasteiger partial charge is 0.412 e. The Morgan fingerprint density at radius 1 is 0.909 bits per heavy atom. The van der Waals surface area contributed by atoms with Crippen LogP contribution in [0.5, 0.6) is 0 Å².